The van der Waals surface area contributed by atoms with E-state index in [0.717, 1.165) is 18.9 Å². The van der Waals surface area contributed by atoms with Gasteiger partial charge in [0.1, 0.15) is 5.82 Å². The minimum absolute atomic E-state index is 0.288. The summed E-state index contributed by atoms with van der Waals surface area (Å²) in [6, 6.07) is 3.99. The topological polar surface area (TPSA) is 63.2 Å². The van der Waals surface area contributed by atoms with E-state index >= 15 is 0 Å². The maximum atomic E-state index is 11.6. The largest absolute Gasteiger partial charge is 0.462 e. The fourth-order valence-corrected chi connectivity index (χ4v) is 2.66. The number of pyridine rings is 1. The summed E-state index contributed by atoms with van der Waals surface area (Å²) in [6.45, 7) is 8.66. The van der Waals surface area contributed by atoms with Gasteiger partial charge in [-0.15, -0.1) is 0 Å². The molecule has 5 heteroatoms. The van der Waals surface area contributed by atoms with Gasteiger partial charge in [-0.1, -0.05) is 13.8 Å². The van der Waals surface area contributed by atoms with Gasteiger partial charge in [0, 0.05) is 18.8 Å². The van der Waals surface area contributed by atoms with Crippen LogP contribution in [0.5, 0.6) is 0 Å². The number of carbonyl (C=O) groups is 1. The Morgan fingerprint density at radius 1 is 1.52 bits per heavy atom. The lowest BCUT2D eigenvalue weighted by atomic mass is 9.77. The molecule has 1 unspecified atom stereocenters. The third-order valence-corrected chi connectivity index (χ3v) is 4.09. The summed E-state index contributed by atoms with van der Waals surface area (Å²) < 4.78 is 4.94. The third-order valence-electron chi connectivity index (χ3n) is 4.09. The number of rotatable bonds is 5. The van der Waals surface area contributed by atoms with Gasteiger partial charge in [0.2, 0.25) is 0 Å². The number of aromatic nitrogens is 1. The molecule has 2 heterocycles. The first-order valence-corrected chi connectivity index (χ1v) is 7.63. The number of hydrogen-bond donors (Lipinski definition) is 2. The normalized spacial score (nSPS) is 20.8. The van der Waals surface area contributed by atoms with Crippen molar-refractivity contribution in [1.29, 1.82) is 0 Å². The van der Waals surface area contributed by atoms with Crippen molar-refractivity contribution < 1.29 is 9.53 Å². The van der Waals surface area contributed by atoms with Crippen molar-refractivity contribution in [1.82, 2.24) is 10.3 Å². The fraction of sp³-hybridized carbons (Fsp3) is 0.625. The van der Waals surface area contributed by atoms with Crippen LogP contribution in [-0.4, -0.2) is 36.7 Å². The molecule has 21 heavy (non-hydrogen) atoms. The molecule has 0 radical (unpaired) electrons. The molecule has 0 saturated carbocycles. The Hall–Kier alpha value is -1.62. The second-order valence-corrected chi connectivity index (χ2v) is 6.13. The van der Waals surface area contributed by atoms with E-state index in [4.69, 9.17) is 4.74 Å². The molecule has 2 N–H and O–H groups in total. The Labute approximate surface area is 126 Å². The highest BCUT2D eigenvalue weighted by Gasteiger charge is 2.31. The molecule has 5 nitrogen and oxygen atoms in total. The van der Waals surface area contributed by atoms with Crippen LogP contribution in [0.2, 0.25) is 0 Å². The van der Waals surface area contributed by atoms with Crippen LogP contribution in [0.3, 0.4) is 0 Å². The lowest BCUT2D eigenvalue weighted by Gasteiger charge is -2.39. The highest BCUT2D eigenvalue weighted by molar-refractivity contribution is 5.89. The number of nitrogens with one attached hydrogen (secondary N) is 2. The second-order valence-electron chi connectivity index (χ2n) is 6.13. The number of nitrogens with zero attached hydrogens (tertiary/aromatic N) is 1. The zero-order chi connectivity index (χ0) is 15.3. The zero-order valence-electron chi connectivity index (χ0n) is 13.1. The van der Waals surface area contributed by atoms with Crippen molar-refractivity contribution in [2.24, 2.45) is 5.41 Å². The molecule has 1 aromatic rings. The van der Waals surface area contributed by atoms with Crippen molar-refractivity contribution in [3.05, 3.63) is 23.9 Å². The van der Waals surface area contributed by atoms with Crippen LogP contribution in [0, 0.1) is 5.41 Å². The maximum absolute atomic E-state index is 11.6. The fourth-order valence-electron chi connectivity index (χ4n) is 2.66. The first-order chi connectivity index (χ1) is 10.0. The average molecular weight is 291 g/mol. The molecular weight excluding hydrogens is 266 g/mol. The van der Waals surface area contributed by atoms with Gasteiger partial charge in [0.05, 0.1) is 12.2 Å². The molecule has 1 fully saturated rings. The third kappa shape index (κ3) is 4.17. The molecule has 116 valence electrons. The number of hydrogen-bond acceptors (Lipinski definition) is 5. The zero-order valence-corrected chi connectivity index (χ0v) is 13.1. The van der Waals surface area contributed by atoms with Gasteiger partial charge in [-0.25, -0.2) is 9.78 Å². The number of carbonyl (C=O) groups excluding carboxylic acids is 1. The summed E-state index contributed by atoms with van der Waals surface area (Å²) in [7, 11) is 0. The maximum Gasteiger partial charge on any atom is 0.339 e. The van der Waals surface area contributed by atoms with Crippen molar-refractivity contribution in [2.75, 3.05) is 25.0 Å². The highest BCUT2D eigenvalue weighted by Crippen LogP contribution is 2.30. The van der Waals surface area contributed by atoms with Gasteiger partial charge in [-0.05, 0) is 43.9 Å². The van der Waals surface area contributed by atoms with Gasteiger partial charge in [-0.3, -0.25) is 0 Å². The van der Waals surface area contributed by atoms with Gasteiger partial charge in [-0.2, -0.15) is 0 Å². The number of piperidine rings is 1. The van der Waals surface area contributed by atoms with Gasteiger partial charge < -0.3 is 15.4 Å². The van der Waals surface area contributed by atoms with Crippen molar-refractivity contribution in [3.63, 3.8) is 0 Å². The van der Waals surface area contributed by atoms with Crippen molar-refractivity contribution in [3.8, 4) is 0 Å². The molecule has 1 atom stereocenters. The highest BCUT2D eigenvalue weighted by atomic mass is 16.5. The van der Waals surface area contributed by atoms with E-state index in [-0.39, 0.29) is 11.4 Å². The molecule has 0 spiro atoms. The molecule has 1 aliphatic heterocycles. The molecule has 0 amide bonds. The molecule has 0 bridgehead atoms. The summed E-state index contributed by atoms with van der Waals surface area (Å²) in [5.41, 5.74) is 0.773. The summed E-state index contributed by atoms with van der Waals surface area (Å²) in [6.07, 6.45) is 4.03. The van der Waals surface area contributed by atoms with Crippen molar-refractivity contribution in [2.45, 2.75) is 39.7 Å². The minimum Gasteiger partial charge on any atom is -0.462 e. The van der Waals surface area contributed by atoms with Crippen LogP contribution in [0.15, 0.2) is 18.3 Å². The van der Waals surface area contributed by atoms with Crippen LogP contribution >= 0.6 is 0 Å². The van der Waals surface area contributed by atoms with E-state index in [9.17, 15) is 4.79 Å². The molecule has 1 aromatic heterocycles. The molecule has 1 saturated heterocycles. The van der Waals surface area contributed by atoms with Crippen LogP contribution in [0.4, 0.5) is 5.82 Å². The smallest absolute Gasteiger partial charge is 0.339 e. The second kappa shape index (κ2) is 6.89. The average Bonchev–Trinajstić information content (AvgIpc) is 2.46. The first-order valence-electron chi connectivity index (χ1n) is 7.63. The van der Waals surface area contributed by atoms with Crippen LogP contribution in [0.1, 0.15) is 44.0 Å². The van der Waals surface area contributed by atoms with Crippen LogP contribution < -0.4 is 10.6 Å². The summed E-state index contributed by atoms with van der Waals surface area (Å²) >= 11 is 0. The quantitative estimate of drug-likeness (QED) is 0.816. The Balaban J connectivity index is 1.90. The number of ether oxygens (including phenoxy) is 1. The lowest BCUT2D eigenvalue weighted by Crippen LogP contribution is -2.50. The number of anilines is 1. The predicted octanol–water partition coefficient (Wildman–Crippen LogP) is 2.45. The van der Waals surface area contributed by atoms with Gasteiger partial charge in [0.25, 0.3) is 0 Å². The Morgan fingerprint density at radius 3 is 2.95 bits per heavy atom. The van der Waals surface area contributed by atoms with E-state index in [2.05, 4.69) is 29.5 Å². The molecular formula is C16H25N3O2. The van der Waals surface area contributed by atoms with E-state index in [1.54, 1.807) is 19.2 Å². The summed E-state index contributed by atoms with van der Waals surface area (Å²) in [5.74, 6) is 0.456. The SMILES string of the molecule is CCOC(=O)c1ccc(NCC2NCCCC2(C)C)nc1. The monoisotopic (exact) mass is 291 g/mol. The minimum atomic E-state index is -0.327. The van der Waals surface area contributed by atoms with Crippen molar-refractivity contribution >= 4 is 11.8 Å². The Morgan fingerprint density at radius 2 is 2.33 bits per heavy atom. The predicted molar refractivity (Wildman–Crippen MR) is 83.5 cm³/mol. The summed E-state index contributed by atoms with van der Waals surface area (Å²) in [5, 5.41) is 6.90. The van der Waals surface area contributed by atoms with E-state index < -0.39 is 0 Å². The Kier molecular flexibility index (Phi) is 5.17. The molecule has 2 rings (SSSR count). The molecule has 0 aromatic carbocycles. The summed E-state index contributed by atoms with van der Waals surface area (Å²) in [4.78, 5) is 15.8. The molecule has 0 aliphatic carbocycles. The Bertz CT molecular complexity index is 471. The lowest BCUT2D eigenvalue weighted by molar-refractivity contribution is 0.0526. The first kappa shape index (κ1) is 15.8. The van der Waals surface area contributed by atoms with E-state index in [0.29, 0.717) is 18.2 Å². The standard InChI is InChI=1S/C16H25N3O2/c1-4-21-15(20)12-6-7-14(18-10-12)19-11-13-16(2,3)8-5-9-17-13/h6-7,10,13,17H,4-5,8-9,11H2,1-3H3,(H,18,19). The van der Waals surface area contributed by atoms with Gasteiger partial charge >= 0.3 is 5.97 Å². The van der Waals surface area contributed by atoms with E-state index in [1.807, 2.05) is 6.07 Å². The van der Waals surface area contributed by atoms with Crippen LogP contribution in [0.25, 0.3) is 0 Å². The molecule has 1 aliphatic rings. The van der Waals surface area contributed by atoms with Gasteiger partial charge in [0.15, 0.2) is 0 Å². The van der Waals surface area contributed by atoms with Crippen LogP contribution in [-0.2, 0) is 4.74 Å². The van der Waals surface area contributed by atoms with E-state index in [1.165, 1.54) is 12.8 Å². The number of esters is 1.